The summed E-state index contributed by atoms with van der Waals surface area (Å²) >= 11 is 0. The standard InChI is InChI=1S/C9H18N2O/c10-9(3-4-9)5-7-11-6-1-2-8-12-11/h1-8,10H2. The van der Waals surface area contributed by atoms with Crippen LogP contribution in [-0.4, -0.2) is 30.3 Å². The molecule has 0 unspecified atom stereocenters. The molecule has 1 heterocycles. The summed E-state index contributed by atoms with van der Waals surface area (Å²) in [4.78, 5) is 5.48. The molecule has 0 aromatic carbocycles. The predicted molar refractivity (Wildman–Crippen MR) is 47.5 cm³/mol. The van der Waals surface area contributed by atoms with Crippen LogP contribution in [0.15, 0.2) is 0 Å². The fraction of sp³-hybridized carbons (Fsp3) is 1.00. The largest absolute Gasteiger partial charge is 0.325 e. The van der Waals surface area contributed by atoms with Gasteiger partial charge in [-0.2, -0.15) is 5.06 Å². The van der Waals surface area contributed by atoms with Gasteiger partial charge in [-0.15, -0.1) is 0 Å². The Morgan fingerprint density at radius 3 is 2.75 bits per heavy atom. The van der Waals surface area contributed by atoms with E-state index in [1.54, 1.807) is 0 Å². The van der Waals surface area contributed by atoms with Crippen LogP contribution in [0.1, 0.15) is 32.1 Å². The summed E-state index contributed by atoms with van der Waals surface area (Å²) in [6.45, 7) is 3.02. The molecule has 70 valence electrons. The van der Waals surface area contributed by atoms with E-state index in [1.807, 2.05) is 0 Å². The Labute approximate surface area is 73.8 Å². The van der Waals surface area contributed by atoms with E-state index in [9.17, 15) is 0 Å². The van der Waals surface area contributed by atoms with Gasteiger partial charge in [0.2, 0.25) is 0 Å². The summed E-state index contributed by atoms with van der Waals surface area (Å²) in [6.07, 6.45) is 6.01. The van der Waals surface area contributed by atoms with Crippen molar-refractivity contribution in [1.82, 2.24) is 5.06 Å². The van der Waals surface area contributed by atoms with Gasteiger partial charge in [-0.3, -0.25) is 4.84 Å². The third-order valence-corrected chi connectivity index (χ3v) is 2.83. The molecule has 0 atom stereocenters. The molecule has 3 heteroatoms. The highest BCUT2D eigenvalue weighted by atomic mass is 16.7. The van der Waals surface area contributed by atoms with Gasteiger partial charge < -0.3 is 5.73 Å². The SMILES string of the molecule is NC1(CCN2CCCCO2)CC1. The first-order chi connectivity index (χ1) is 5.79. The molecule has 0 spiro atoms. The maximum Gasteiger partial charge on any atom is 0.0685 e. The third kappa shape index (κ3) is 2.19. The lowest BCUT2D eigenvalue weighted by molar-refractivity contribution is -0.181. The molecule has 0 aromatic heterocycles. The van der Waals surface area contributed by atoms with Gasteiger partial charge in [-0.25, -0.2) is 0 Å². The molecule has 0 aromatic rings. The van der Waals surface area contributed by atoms with Crippen molar-refractivity contribution >= 4 is 0 Å². The molecule has 2 aliphatic rings. The van der Waals surface area contributed by atoms with E-state index in [-0.39, 0.29) is 5.54 Å². The molecule has 0 bridgehead atoms. The number of rotatable bonds is 3. The van der Waals surface area contributed by atoms with E-state index in [4.69, 9.17) is 10.6 Å². The summed E-state index contributed by atoms with van der Waals surface area (Å²) in [6, 6.07) is 0. The number of nitrogens with two attached hydrogens (primary N) is 1. The van der Waals surface area contributed by atoms with Crippen molar-refractivity contribution in [3.8, 4) is 0 Å². The summed E-state index contributed by atoms with van der Waals surface area (Å²) in [7, 11) is 0. The van der Waals surface area contributed by atoms with Gasteiger partial charge in [0, 0.05) is 18.6 Å². The highest BCUT2D eigenvalue weighted by molar-refractivity contribution is 4.98. The maximum absolute atomic E-state index is 5.98. The summed E-state index contributed by atoms with van der Waals surface area (Å²) in [5.41, 5.74) is 6.16. The fourth-order valence-electron chi connectivity index (χ4n) is 1.58. The number of hydroxylamine groups is 2. The van der Waals surface area contributed by atoms with Crippen molar-refractivity contribution in [3.05, 3.63) is 0 Å². The van der Waals surface area contributed by atoms with Crippen LogP contribution in [0.2, 0.25) is 0 Å². The highest BCUT2D eigenvalue weighted by Gasteiger charge is 2.37. The van der Waals surface area contributed by atoms with E-state index in [0.717, 1.165) is 26.1 Å². The lowest BCUT2D eigenvalue weighted by Crippen LogP contribution is -2.35. The van der Waals surface area contributed by atoms with E-state index >= 15 is 0 Å². The molecule has 0 amide bonds. The molecular weight excluding hydrogens is 152 g/mol. The Hall–Kier alpha value is -0.120. The second-order valence-electron chi connectivity index (χ2n) is 4.08. The maximum atomic E-state index is 5.98. The first-order valence-corrected chi connectivity index (χ1v) is 4.95. The van der Waals surface area contributed by atoms with Gasteiger partial charge in [-0.1, -0.05) is 0 Å². The van der Waals surface area contributed by atoms with Crippen LogP contribution in [0.4, 0.5) is 0 Å². The van der Waals surface area contributed by atoms with Crippen molar-refractivity contribution in [1.29, 1.82) is 0 Å². The zero-order chi connectivity index (χ0) is 8.44. The molecule has 1 saturated carbocycles. The molecular formula is C9H18N2O. The Morgan fingerprint density at radius 1 is 1.33 bits per heavy atom. The Morgan fingerprint density at radius 2 is 2.17 bits per heavy atom. The van der Waals surface area contributed by atoms with Crippen LogP contribution in [-0.2, 0) is 4.84 Å². The topological polar surface area (TPSA) is 38.5 Å². The van der Waals surface area contributed by atoms with Crippen LogP contribution < -0.4 is 5.73 Å². The lowest BCUT2D eigenvalue weighted by atomic mass is 10.2. The van der Waals surface area contributed by atoms with Crippen LogP contribution in [0.3, 0.4) is 0 Å². The molecule has 1 aliphatic carbocycles. The van der Waals surface area contributed by atoms with Crippen molar-refractivity contribution in [3.63, 3.8) is 0 Å². The normalized spacial score (nSPS) is 28.8. The molecule has 2 rings (SSSR count). The highest BCUT2D eigenvalue weighted by Crippen LogP contribution is 2.35. The fourth-order valence-corrected chi connectivity index (χ4v) is 1.58. The predicted octanol–water partition coefficient (Wildman–Crippen LogP) is 0.895. The zero-order valence-electron chi connectivity index (χ0n) is 7.59. The van der Waals surface area contributed by atoms with Gasteiger partial charge in [0.05, 0.1) is 6.61 Å². The van der Waals surface area contributed by atoms with Crippen molar-refractivity contribution in [2.75, 3.05) is 19.7 Å². The van der Waals surface area contributed by atoms with Crippen LogP contribution >= 0.6 is 0 Å². The van der Waals surface area contributed by atoms with Crippen molar-refractivity contribution < 1.29 is 4.84 Å². The minimum Gasteiger partial charge on any atom is -0.325 e. The van der Waals surface area contributed by atoms with Gasteiger partial charge in [0.1, 0.15) is 0 Å². The van der Waals surface area contributed by atoms with Crippen molar-refractivity contribution in [2.45, 2.75) is 37.6 Å². The molecule has 3 nitrogen and oxygen atoms in total. The zero-order valence-corrected chi connectivity index (χ0v) is 7.59. The minimum absolute atomic E-state index is 0.181. The number of hydrogen-bond donors (Lipinski definition) is 1. The van der Waals surface area contributed by atoms with E-state index in [2.05, 4.69) is 5.06 Å². The quantitative estimate of drug-likeness (QED) is 0.683. The van der Waals surface area contributed by atoms with Crippen molar-refractivity contribution in [2.24, 2.45) is 5.73 Å². The van der Waals surface area contributed by atoms with Gasteiger partial charge >= 0.3 is 0 Å². The molecule has 2 N–H and O–H groups in total. The Kier molecular flexibility index (Phi) is 2.35. The molecule has 1 aliphatic heterocycles. The minimum atomic E-state index is 0.181. The summed E-state index contributed by atoms with van der Waals surface area (Å²) in [5.74, 6) is 0. The van der Waals surface area contributed by atoms with E-state index in [0.29, 0.717) is 0 Å². The number of nitrogens with zero attached hydrogens (tertiary/aromatic N) is 1. The van der Waals surface area contributed by atoms with Gasteiger partial charge in [0.25, 0.3) is 0 Å². The summed E-state index contributed by atoms with van der Waals surface area (Å²) < 4.78 is 0. The monoisotopic (exact) mass is 170 g/mol. The Bertz CT molecular complexity index is 151. The third-order valence-electron chi connectivity index (χ3n) is 2.83. The van der Waals surface area contributed by atoms with E-state index < -0.39 is 0 Å². The van der Waals surface area contributed by atoms with Gasteiger partial charge in [0.15, 0.2) is 0 Å². The molecule has 2 fully saturated rings. The molecule has 0 radical (unpaired) electrons. The van der Waals surface area contributed by atoms with Crippen LogP contribution in [0, 0.1) is 0 Å². The van der Waals surface area contributed by atoms with Crippen LogP contribution in [0.5, 0.6) is 0 Å². The average molecular weight is 170 g/mol. The smallest absolute Gasteiger partial charge is 0.0685 e. The van der Waals surface area contributed by atoms with E-state index in [1.165, 1.54) is 25.7 Å². The lowest BCUT2D eigenvalue weighted by Gasteiger charge is -2.26. The Balaban J connectivity index is 1.65. The second kappa shape index (κ2) is 3.32. The first-order valence-electron chi connectivity index (χ1n) is 4.95. The molecule has 1 saturated heterocycles. The number of hydrogen-bond acceptors (Lipinski definition) is 3. The first kappa shape index (κ1) is 8.48. The second-order valence-corrected chi connectivity index (χ2v) is 4.08. The van der Waals surface area contributed by atoms with Crippen LogP contribution in [0.25, 0.3) is 0 Å². The average Bonchev–Trinajstić information content (AvgIpc) is 2.84. The summed E-state index contributed by atoms with van der Waals surface area (Å²) in [5, 5.41) is 2.08. The van der Waals surface area contributed by atoms with Gasteiger partial charge in [-0.05, 0) is 32.1 Å². The molecule has 12 heavy (non-hydrogen) atoms.